The van der Waals surface area contributed by atoms with Crippen molar-refractivity contribution in [1.82, 2.24) is 0 Å². The molecule has 5 nitrogen and oxygen atoms in total. The minimum absolute atomic E-state index is 0. The zero-order chi connectivity index (χ0) is 6.08. The molecule has 0 N–H and O–H groups in total. The predicted molar refractivity (Wildman–Crippen MR) is 25.9 cm³/mol. The molecule has 0 aliphatic heterocycles. The van der Waals surface area contributed by atoms with E-state index >= 15 is 0 Å². The molecule has 0 spiro atoms. The Kier molecular flexibility index (Phi) is 21.4. The molecule has 10 heteroatoms. The quantitative estimate of drug-likeness (QED) is 0.192. The van der Waals surface area contributed by atoms with E-state index in [4.69, 9.17) is 21.7 Å². The number of hydrogen-bond donors (Lipinski definition) is 0. The Morgan fingerprint density at radius 1 is 1.20 bits per heavy atom. The fraction of sp³-hybridized carbons (Fsp3) is 0. The van der Waals surface area contributed by atoms with Crippen LogP contribution in [0.15, 0.2) is 0 Å². The van der Waals surface area contributed by atoms with Gasteiger partial charge in [0.25, 0.3) is 0 Å². The summed E-state index contributed by atoms with van der Waals surface area (Å²) in [6, 6.07) is 0. The first-order chi connectivity index (χ1) is 2.94. The smallest absolute Gasteiger partial charge is 0.761 e. The van der Waals surface area contributed by atoms with Crippen molar-refractivity contribution in [3.63, 3.8) is 0 Å². The van der Waals surface area contributed by atoms with Crippen molar-refractivity contribution in [2.75, 3.05) is 0 Å². The van der Waals surface area contributed by atoms with Crippen LogP contribution in [0.3, 0.4) is 0 Å². The second-order valence-corrected chi connectivity index (χ2v) is 3.88. The Morgan fingerprint density at radius 2 is 1.30 bits per heavy atom. The van der Waals surface area contributed by atoms with Crippen molar-refractivity contribution in [3.8, 4) is 0 Å². The Balaban J connectivity index is -0.0000000600. The molecular formula is HClNa2O5S2. The summed E-state index contributed by atoms with van der Waals surface area (Å²) in [5, 5.41) is 0. The Bertz CT molecular complexity index is 172. The largest absolute Gasteiger partial charge is 1.00 e. The van der Waals surface area contributed by atoms with Gasteiger partial charge in [-0.1, -0.05) is 0 Å². The Labute approximate surface area is 111 Å². The molecular weight excluding hydrogens is 226 g/mol. The maximum absolute atomic E-state index is 9.16. The van der Waals surface area contributed by atoms with Crippen molar-refractivity contribution >= 4 is 31.7 Å². The fourth-order valence-electron chi connectivity index (χ4n) is 0. The molecule has 1 atom stereocenters. The molecule has 0 heterocycles. The first-order valence-corrected chi connectivity index (χ1v) is 4.00. The molecule has 0 aromatic carbocycles. The van der Waals surface area contributed by atoms with Crippen LogP contribution in [-0.2, 0) is 19.3 Å². The number of hydrogen-bond acceptors (Lipinski definition) is 5. The third-order valence-corrected chi connectivity index (χ3v) is 1.50. The number of rotatable bonds is 1. The minimum atomic E-state index is -5.07. The monoisotopic (exact) mass is 226 g/mol. The van der Waals surface area contributed by atoms with Gasteiger partial charge in [-0.25, -0.2) is 8.42 Å². The minimum Gasteiger partial charge on any atom is -0.761 e. The van der Waals surface area contributed by atoms with Crippen molar-refractivity contribution in [1.29, 1.82) is 0 Å². The third kappa shape index (κ3) is 12.9. The van der Waals surface area contributed by atoms with Crippen LogP contribution in [0.4, 0.5) is 0 Å². The molecule has 0 amide bonds. The first kappa shape index (κ1) is 22.8. The van der Waals surface area contributed by atoms with E-state index < -0.39 is 19.3 Å². The predicted octanol–water partition coefficient (Wildman–Crippen LogP) is -7.24. The molecule has 0 saturated carbocycles. The molecule has 0 aromatic heterocycles. The van der Waals surface area contributed by atoms with Gasteiger partial charge in [0.2, 0.25) is 0 Å². The zero-order valence-electron chi connectivity index (χ0n) is 5.27. The fourth-order valence-corrected chi connectivity index (χ4v) is 0. The van der Waals surface area contributed by atoms with Gasteiger partial charge in [0, 0.05) is 0 Å². The Hall–Kier alpha value is 2.31. The summed E-state index contributed by atoms with van der Waals surface area (Å²) in [6.07, 6.45) is 0. The van der Waals surface area contributed by atoms with E-state index in [9.17, 15) is 0 Å². The van der Waals surface area contributed by atoms with Gasteiger partial charge >= 0.3 is 59.1 Å². The topological polar surface area (TPSA) is 97.3 Å². The van der Waals surface area contributed by atoms with Crippen molar-refractivity contribution in [2.24, 2.45) is 0 Å². The molecule has 0 aliphatic rings. The summed E-state index contributed by atoms with van der Waals surface area (Å²) >= 11 is 0. The van der Waals surface area contributed by atoms with E-state index in [0.717, 1.165) is 0 Å². The Morgan fingerprint density at radius 3 is 1.30 bits per heavy atom. The van der Waals surface area contributed by atoms with E-state index in [0.29, 0.717) is 0 Å². The van der Waals surface area contributed by atoms with Gasteiger partial charge in [0.15, 0.2) is 9.15 Å². The van der Waals surface area contributed by atoms with E-state index in [-0.39, 0.29) is 71.5 Å². The maximum Gasteiger partial charge on any atom is 1.00 e. The van der Waals surface area contributed by atoms with Gasteiger partial charge in [-0.2, -0.15) is 0 Å². The molecule has 0 radical (unpaired) electrons. The summed E-state index contributed by atoms with van der Waals surface area (Å²) < 4.78 is 45.7. The molecule has 1 unspecified atom stereocenters. The second-order valence-electron chi connectivity index (χ2n) is 0.612. The van der Waals surface area contributed by atoms with Gasteiger partial charge in [-0.3, -0.25) is 4.21 Å². The van der Waals surface area contributed by atoms with Gasteiger partial charge in [-0.05, 0) is 0 Å². The van der Waals surface area contributed by atoms with E-state index in [1.165, 1.54) is 0 Å². The summed E-state index contributed by atoms with van der Waals surface area (Å²) in [7, 11) is -8.59. The van der Waals surface area contributed by atoms with Crippen LogP contribution in [0.25, 0.3) is 0 Å². The van der Waals surface area contributed by atoms with E-state index in [1.54, 1.807) is 0 Å². The average molecular weight is 227 g/mol. The summed E-state index contributed by atoms with van der Waals surface area (Å²) in [5.74, 6) is 0. The van der Waals surface area contributed by atoms with Crippen molar-refractivity contribution < 1.29 is 80.8 Å². The van der Waals surface area contributed by atoms with Crippen LogP contribution >= 0.6 is 12.4 Å². The summed E-state index contributed by atoms with van der Waals surface area (Å²) in [6.45, 7) is 0. The van der Waals surface area contributed by atoms with Gasteiger partial charge in [0.05, 0.1) is 10.1 Å². The van der Waals surface area contributed by atoms with Crippen molar-refractivity contribution in [3.05, 3.63) is 0 Å². The summed E-state index contributed by atoms with van der Waals surface area (Å²) in [4.78, 5) is 0. The van der Waals surface area contributed by atoms with Gasteiger partial charge in [-0.15, -0.1) is 12.4 Å². The molecule has 0 rings (SSSR count). The molecule has 0 fully saturated rings. The van der Waals surface area contributed by atoms with Crippen LogP contribution in [0, 0.1) is 0 Å². The average Bonchev–Trinajstić information content (AvgIpc) is 1.31. The van der Waals surface area contributed by atoms with Crippen LogP contribution in [0.2, 0.25) is 0 Å². The third-order valence-electron chi connectivity index (χ3n) is 0.167. The molecule has 0 bridgehead atoms. The van der Waals surface area contributed by atoms with E-state index in [2.05, 4.69) is 0 Å². The van der Waals surface area contributed by atoms with Gasteiger partial charge in [0.1, 0.15) is 0 Å². The normalized spacial score (nSPS) is 11.4. The standard InChI is InChI=1S/ClH.2Na.H2O5S2/c;;;1-6(2)7(3,4)5/h1H;;;(H,1,2)(H,3,4,5)/q;2*+1;/p-2. The maximum atomic E-state index is 9.16. The summed E-state index contributed by atoms with van der Waals surface area (Å²) in [5.41, 5.74) is 0. The van der Waals surface area contributed by atoms with E-state index in [1.807, 2.05) is 0 Å². The molecule has 10 heavy (non-hydrogen) atoms. The number of halogens is 1. The molecule has 0 aliphatic carbocycles. The molecule has 0 saturated heterocycles. The first-order valence-electron chi connectivity index (χ1n) is 1.00. The SMILES string of the molecule is Cl.O=S([O-])S(=O)(=O)[O-].[Na+].[Na+]. The van der Waals surface area contributed by atoms with Crippen LogP contribution in [0.5, 0.6) is 0 Å². The van der Waals surface area contributed by atoms with Crippen LogP contribution in [-0.4, -0.2) is 21.7 Å². The van der Waals surface area contributed by atoms with Crippen LogP contribution in [0.1, 0.15) is 0 Å². The molecule has 0 aromatic rings. The van der Waals surface area contributed by atoms with Crippen LogP contribution < -0.4 is 59.1 Å². The zero-order valence-corrected chi connectivity index (χ0v) is 11.7. The molecule has 52 valence electrons. The van der Waals surface area contributed by atoms with Gasteiger partial charge < -0.3 is 9.11 Å². The second kappa shape index (κ2) is 9.40. The van der Waals surface area contributed by atoms with Crippen molar-refractivity contribution in [2.45, 2.75) is 0 Å².